The Bertz CT molecular complexity index is 348. The van der Waals surface area contributed by atoms with Crippen molar-refractivity contribution in [3.8, 4) is 0 Å². The molecule has 0 aliphatic carbocycles. The van der Waals surface area contributed by atoms with Crippen molar-refractivity contribution < 1.29 is 22.7 Å². The standard InChI is InChI=1S/C8H7F4NO/c9-7-5(13)2-1-4(3-14)6(7)8(10,11)12/h1-2,14H,3,13H2. The van der Waals surface area contributed by atoms with Gasteiger partial charge in [-0.3, -0.25) is 0 Å². The summed E-state index contributed by atoms with van der Waals surface area (Å²) in [4.78, 5) is 0. The minimum Gasteiger partial charge on any atom is -0.396 e. The molecule has 0 amide bonds. The number of nitrogens with two attached hydrogens (primary N) is 1. The van der Waals surface area contributed by atoms with E-state index >= 15 is 0 Å². The van der Waals surface area contributed by atoms with Crippen LogP contribution in [0.15, 0.2) is 12.1 Å². The Hall–Kier alpha value is -1.30. The van der Waals surface area contributed by atoms with Gasteiger partial charge < -0.3 is 10.8 Å². The Balaban J connectivity index is 3.44. The molecular formula is C8H7F4NO. The maximum Gasteiger partial charge on any atom is 0.419 e. The third-order valence-corrected chi connectivity index (χ3v) is 1.71. The molecule has 0 bridgehead atoms. The molecule has 0 unspecified atom stereocenters. The van der Waals surface area contributed by atoms with E-state index in [1.165, 1.54) is 0 Å². The highest BCUT2D eigenvalue weighted by molar-refractivity contribution is 5.47. The molecule has 1 aromatic rings. The molecule has 2 nitrogen and oxygen atoms in total. The van der Waals surface area contributed by atoms with Crippen molar-refractivity contribution in [2.24, 2.45) is 0 Å². The molecule has 0 atom stereocenters. The van der Waals surface area contributed by atoms with E-state index in [4.69, 9.17) is 10.8 Å². The van der Waals surface area contributed by atoms with E-state index in [1.54, 1.807) is 0 Å². The molecule has 0 radical (unpaired) electrons. The number of aliphatic hydroxyl groups is 1. The molecule has 1 aromatic carbocycles. The SMILES string of the molecule is Nc1ccc(CO)c(C(F)(F)F)c1F. The molecule has 6 heteroatoms. The van der Waals surface area contributed by atoms with Gasteiger partial charge in [-0.25, -0.2) is 4.39 Å². The minimum absolute atomic E-state index is 0.524. The fraction of sp³-hybridized carbons (Fsp3) is 0.250. The van der Waals surface area contributed by atoms with E-state index in [9.17, 15) is 17.6 Å². The monoisotopic (exact) mass is 209 g/mol. The summed E-state index contributed by atoms with van der Waals surface area (Å²) in [6.45, 7) is -0.883. The lowest BCUT2D eigenvalue weighted by Crippen LogP contribution is -2.13. The minimum atomic E-state index is -4.85. The Morgan fingerprint density at radius 2 is 1.86 bits per heavy atom. The normalized spacial score (nSPS) is 11.8. The maximum atomic E-state index is 13.0. The predicted molar refractivity (Wildman–Crippen MR) is 41.7 cm³/mol. The van der Waals surface area contributed by atoms with Crippen LogP contribution in [-0.2, 0) is 12.8 Å². The number of benzene rings is 1. The number of halogens is 4. The van der Waals surface area contributed by atoms with Gasteiger partial charge in [-0.15, -0.1) is 0 Å². The van der Waals surface area contributed by atoms with Crippen LogP contribution >= 0.6 is 0 Å². The fourth-order valence-corrected chi connectivity index (χ4v) is 1.07. The van der Waals surface area contributed by atoms with Gasteiger partial charge in [-0.1, -0.05) is 6.07 Å². The van der Waals surface area contributed by atoms with Crippen LogP contribution in [0.25, 0.3) is 0 Å². The average Bonchev–Trinajstić information content (AvgIpc) is 2.07. The van der Waals surface area contributed by atoms with Crippen LogP contribution in [0.4, 0.5) is 23.2 Å². The smallest absolute Gasteiger partial charge is 0.396 e. The molecule has 3 N–H and O–H groups in total. The number of hydrogen-bond donors (Lipinski definition) is 2. The largest absolute Gasteiger partial charge is 0.419 e. The van der Waals surface area contributed by atoms with E-state index in [0.29, 0.717) is 0 Å². The van der Waals surface area contributed by atoms with Crippen molar-refractivity contribution in [1.82, 2.24) is 0 Å². The first-order valence-corrected chi connectivity index (χ1v) is 3.63. The summed E-state index contributed by atoms with van der Waals surface area (Å²) in [5, 5.41) is 8.59. The average molecular weight is 209 g/mol. The maximum absolute atomic E-state index is 13.0. The summed E-state index contributed by atoms with van der Waals surface area (Å²) in [7, 11) is 0. The zero-order valence-electron chi connectivity index (χ0n) is 6.90. The van der Waals surface area contributed by atoms with Crippen molar-refractivity contribution >= 4 is 5.69 Å². The first-order valence-electron chi connectivity index (χ1n) is 3.63. The second-order valence-corrected chi connectivity index (χ2v) is 2.66. The lowest BCUT2D eigenvalue weighted by Gasteiger charge is -2.13. The number of anilines is 1. The molecule has 0 aliphatic heterocycles. The van der Waals surface area contributed by atoms with Gasteiger partial charge in [0.2, 0.25) is 0 Å². The molecule has 78 valence electrons. The number of alkyl halides is 3. The molecule has 0 aliphatic rings. The van der Waals surface area contributed by atoms with Gasteiger partial charge in [0, 0.05) is 0 Å². The second-order valence-electron chi connectivity index (χ2n) is 2.66. The number of nitrogen functional groups attached to an aromatic ring is 1. The van der Waals surface area contributed by atoms with E-state index in [1.807, 2.05) is 0 Å². The Morgan fingerprint density at radius 1 is 1.29 bits per heavy atom. The topological polar surface area (TPSA) is 46.2 Å². The molecule has 0 fully saturated rings. The van der Waals surface area contributed by atoms with Crippen LogP contribution in [0.5, 0.6) is 0 Å². The van der Waals surface area contributed by atoms with Crippen molar-refractivity contribution in [2.75, 3.05) is 5.73 Å². The van der Waals surface area contributed by atoms with E-state index in [-0.39, 0.29) is 0 Å². The molecular weight excluding hydrogens is 202 g/mol. The van der Waals surface area contributed by atoms with E-state index in [2.05, 4.69) is 0 Å². The Labute approximate surface area is 77.0 Å². The molecule has 0 heterocycles. The molecule has 14 heavy (non-hydrogen) atoms. The zero-order valence-corrected chi connectivity index (χ0v) is 6.90. The summed E-state index contributed by atoms with van der Waals surface area (Å²) in [5.41, 5.74) is 2.37. The predicted octanol–water partition coefficient (Wildman–Crippen LogP) is 1.92. The highest BCUT2D eigenvalue weighted by atomic mass is 19.4. The van der Waals surface area contributed by atoms with E-state index in [0.717, 1.165) is 12.1 Å². The number of hydrogen-bond acceptors (Lipinski definition) is 2. The van der Waals surface area contributed by atoms with Crippen molar-refractivity contribution in [3.05, 3.63) is 29.1 Å². The quantitative estimate of drug-likeness (QED) is 0.548. The summed E-state index contributed by atoms with van der Waals surface area (Å²) in [6.07, 6.45) is -4.85. The summed E-state index contributed by atoms with van der Waals surface area (Å²) in [5.74, 6) is -1.54. The molecule has 0 saturated carbocycles. The van der Waals surface area contributed by atoms with Gasteiger partial charge in [-0.2, -0.15) is 13.2 Å². The van der Waals surface area contributed by atoms with Gasteiger partial charge in [0.25, 0.3) is 0 Å². The molecule has 0 saturated heterocycles. The summed E-state index contributed by atoms with van der Waals surface area (Å²) < 4.78 is 49.8. The zero-order chi connectivity index (χ0) is 10.9. The van der Waals surface area contributed by atoms with Crippen LogP contribution < -0.4 is 5.73 Å². The number of aliphatic hydroxyl groups excluding tert-OH is 1. The van der Waals surface area contributed by atoms with Crippen LogP contribution in [0.1, 0.15) is 11.1 Å². The summed E-state index contributed by atoms with van der Waals surface area (Å²) >= 11 is 0. The van der Waals surface area contributed by atoms with Crippen LogP contribution in [-0.4, -0.2) is 5.11 Å². The van der Waals surface area contributed by atoms with Crippen molar-refractivity contribution in [1.29, 1.82) is 0 Å². The van der Waals surface area contributed by atoms with Crippen LogP contribution in [0, 0.1) is 5.82 Å². The number of rotatable bonds is 1. The Morgan fingerprint density at radius 3 is 2.29 bits per heavy atom. The van der Waals surface area contributed by atoms with Gasteiger partial charge >= 0.3 is 6.18 Å². The lowest BCUT2D eigenvalue weighted by atomic mass is 10.1. The van der Waals surface area contributed by atoms with Crippen molar-refractivity contribution in [3.63, 3.8) is 0 Å². The van der Waals surface area contributed by atoms with Crippen LogP contribution in [0.2, 0.25) is 0 Å². The molecule has 0 aromatic heterocycles. The lowest BCUT2D eigenvalue weighted by molar-refractivity contribution is -0.141. The third-order valence-electron chi connectivity index (χ3n) is 1.71. The van der Waals surface area contributed by atoms with Gasteiger partial charge in [-0.05, 0) is 11.6 Å². The first-order chi connectivity index (χ1) is 6.38. The van der Waals surface area contributed by atoms with E-state index < -0.39 is 35.4 Å². The van der Waals surface area contributed by atoms with Gasteiger partial charge in [0.05, 0.1) is 17.9 Å². The molecule has 0 spiro atoms. The Kier molecular flexibility index (Phi) is 2.66. The first kappa shape index (κ1) is 10.8. The highest BCUT2D eigenvalue weighted by Crippen LogP contribution is 2.35. The highest BCUT2D eigenvalue weighted by Gasteiger charge is 2.37. The third kappa shape index (κ3) is 1.79. The van der Waals surface area contributed by atoms with Crippen molar-refractivity contribution in [2.45, 2.75) is 12.8 Å². The van der Waals surface area contributed by atoms with Gasteiger partial charge in [0.15, 0.2) is 5.82 Å². The van der Waals surface area contributed by atoms with Crippen LogP contribution in [0.3, 0.4) is 0 Å². The second kappa shape index (κ2) is 3.45. The fourth-order valence-electron chi connectivity index (χ4n) is 1.07. The van der Waals surface area contributed by atoms with Gasteiger partial charge in [0.1, 0.15) is 0 Å². The molecule has 1 rings (SSSR count). The summed E-state index contributed by atoms with van der Waals surface area (Å²) in [6, 6.07) is 1.93.